The van der Waals surface area contributed by atoms with Crippen molar-refractivity contribution in [2.45, 2.75) is 6.54 Å². The Kier molecular flexibility index (Phi) is 6.16. The van der Waals surface area contributed by atoms with Crippen LogP contribution in [0.5, 0.6) is 11.5 Å². The van der Waals surface area contributed by atoms with Crippen molar-refractivity contribution < 1.29 is 19.2 Å². The van der Waals surface area contributed by atoms with E-state index >= 15 is 0 Å². The number of piperazine rings is 1. The number of nitrogens with zero attached hydrogens (tertiary/aromatic N) is 1. The molecule has 0 spiro atoms. The first kappa shape index (κ1) is 18.7. The zero-order chi connectivity index (χ0) is 18.5. The normalized spacial score (nSPS) is 15.0. The first-order valence-corrected chi connectivity index (χ1v) is 9.50. The maximum atomic E-state index is 12.9. The Morgan fingerprint density at radius 3 is 2.19 bits per heavy atom. The molecule has 2 aromatic rings. The largest absolute Gasteiger partial charge is 0.495 e. The van der Waals surface area contributed by atoms with E-state index in [2.05, 4.69) is 40.2 Å². The summed E-state index contributed by atoms with van der Waals surface area (Å²) in [5.41, 5.74) is 1.93. The molecule has 1 aliphatic heterocycles. The molecule has 0 atom stereocenters. The molecule has 1 amide bonds. The first-order chi connectivity index (χ1) is 12.6. The van der Waals surface area contributed by atoms with Gasteiger partial charge in [-0.1, -0.05) is 30.3 Å². The Labute approximate surface area is 162 Å². The molecular weight excluding hydrogens is 396 g/mol. The summed E-state index contributed by atoms with van der Waals surface area (Å²) in [5.74, 6) is 1.22. The van der Waals surface area contributed by atoms with Gasteiger partial charge in [-0.25, -0.2) is 0 Å². The number of benzene rings is 2. The first-order valence-electron chi connectivity index (χ1n) is 8.70. The van der Waals surface area contributed by atoms with E-state index in [9.17, 15) is 4.79 Å². The van der Waals surface area contributed by atoms with Gasteiger partial charge in [-0.05, 0) is 28.1 Å². The van der Waals surface area contributed by atoms with Crippen LogP contribution in [0.2, 0.25) is 0 Å². The summed E-state index contributed by atoms with van der Waals surface area (Å²) >= 11 is 3.44. The number of hydrogen-bond acceptors (Lipinski definition) is 3. The number of hydrogen-bond donors (Lipinski definition) is 1. The molecule has 1 fully saturated rings. The number of nitrogens with one attached hydrogen (secondary N) is 1. The fourth-order valence-electron chi connectivity index (χ4n) is 3.26. The summed E-state index contributed by atoms with van der Waals surface area (Å²) in [5, 5.41) is 0. The summed E-state index contributed by atoms with van der Waals surface area (Å²) in [6.45, 7) is 4.41. The summed E-state index contributed by atoms with van der Waals surface area (Å²) in [6.07, 6.45) is 0. The van der Waals surface area contributed by atoms with Gasteiger partial charge < -0.3 is 19.3 Å². The van der Waals surface area contributed by atoms with Crippen molar-refractivity contribution in [3.05, 3.63) is 58.1 Å². The molecule has 1 N–H and O–H groups in total. The number of rotatable bonds is 5. The molecule has 0 aromatic heterocycles. The highest BCUT2D eigenvalue weighted by Gasteiger charge is 2.26. The minimum Gasteiger partial charge on any atom is -0.495 e. The zero-order valence-electron chi connectivity index (χ0n) is 15.1. The number of methoxy groups -OCH3 is 2. The second-order valence-corrected chi connectivity index (χ2v) is 7.19. The Morgan fingerprint density at radius 1 is 1.08 bits per heavy atom. The minimum atomic E-state index is 0.0212. The lowest BCUT2D eigenvalue weighted by Gasteiger charge is -2.32. The lowest BCUT2D eigenvalue weighted by Crippen LogP contribution is -3.13. The van der Waals surface area contributed by atoms with E-state index in [0.717, 1.165) is 37.2 Å². The number of amides is 1. The molecule has 6 heteroatoms. The molecule has 5 nitrogen and oxygen atoms in total. The topological polar surface area (TPSA) is 43.2 Å². The van der Waals surface area contributed by atoms with Gasteiger partial charge in [-0.3, -0.25) is 4.79 Å². The van der Waals surface area contributed by atoms with Gasteiger partial charge in [0.2, 0.25) is 0 Å². The summed E-state index contributed by atoms with van der Waals surface area (Å²) in [7, 11) is 3.17. The molecule has 0 saturated carbocycles. The van der Waals surface area contributed by atoms with Crippen LogP contribution >= 0.6 is 15.9 Å². The van der Waals surface area contributed by atoms with Crippen molar-refractivity contribution >= 4 is 21.8 Å². The third-order valence-corrected chi connectivity index (χ3v) is 5.53. The van der Waals surface area contributed by atoms with E-state index in [1.54, 1.807) is 26.4 Å². The van der Waals surface area contributed by atoms with E-state index in [1.807, 2.05) is 11.0 Å². The number of carbonyl (C=O) groups excluding carboxylic acids is 1. The predicted molar refractivity (Wildman–Crippen MR) is 104 cm³/mol. The molecule has 2 aromatic carbocycles. The van der Waals surface area contributed by atoms with Gasteiger partial charge in [0.05, 0.1) is 40.4 Å². The van der Waals surface area contributed by atoms with Crippen LogP contribution in [0.25, 0.3) is 0 Å². The minimum absolute atomic E-state index is 0.0212. The molecule has 0 radical (unpaired) electrons. The molecule has 26 heavy (non-hydrogen) atoms. The van der Waals surface area contributed by atoms with Crippen LogP contribution in [0.15, 0.2) is 46.9 Å². The van der Waals surface area contributed by atoms with E-state index in [4.69, 9.17) is 9.47 Å². The van der Waals surface area contributed by atoms with Crippen LogP contribution in [-0.4, -0.2) is 51.2 Å². The number of ether oxygens (including phenoxy) is 2. The molecule has 138 valence electrons. The van der Waals surface area contributed by atoms with Crippen molar-refractivity contribution in [2.75, 3.05) is 40.4 Å². The number of quaternary nitrogens is 1. The molecule has 0 aliphatic carbocycles. The van der Waals surface area contributed by atoms with E-state index < -0.39 is 0 Å². The monoisotopic (exact) mass is 419 g/mol. The Morgan fingerprint density at radius 2 is 1.65 bits per heavy atom. The van der Waals surface area contributed by atoms with Gasteiger partial charge in [0, 0.05) is 11.1 Å². The summed E-state index contributed by atoms with van der Waals surface area (Å²) < 4.78 is 11.4. The Balaban J connectivity index is 1.65. The van der Waals surface area contributed by atoms with E-state index in [0.29, 0.717) is 17.1 Å². The second-order valence-electron chi connectivity index (χ2n) is 6.40. The third kappa shape index (κ3) is 4.19. The average molecular weight is 420 g/mol. The lowest BCUT2D eigenvalue weighted by molar-refractivity contribution is -0.917. The van der Waals surface area contributed by atoms with Crippen LogP contribution in [0.4, 0.5) is 0 Å². The van der Waals surface area contributed by atoms with Crippen LogP contribution in [0, 0.1) is 0 Å². The standard InChI is InChI=1S/C20H23BrN2O3/c1-25-17-12-16(13-18(26-2)19(17)21)20(24)23-10-8-22(9-11-23)14-15-6-4-3-5-7-15/h3-7,12-13H,8-11,14H2,1-2H3/p+1. The van der Waals surface area contributed by atoms with E-state index in [1.165, 1.54) is 10.5 Å². The molecular formula is C20H24BrN2O3+. The van der Waals surface area contributed by atoms with Crippen LogP contribution in [0.1, 0.15) is 15.9 Å². The highest BCUT2D eigenvalue weighted by atomic mass is 79.9. The van der Waals surface area contributed by atoms with Crippen LogP contribution < -0.4 is 14.4 Å². The fourth-order valence-corrected chi connectivity index (χ4v) is 3.82. The van der Waals surface area contributed by atoms with Crippen molar-refractivity contribution in [1.82, 2.24) is 4.90 Å². The van der Waals surface area contributed by atoms with Gasteiger partial charge in [-0.15, -0.1) is 0 Å². The predicted octanol–water partition coefficient (Wildman–Crippen LogP) is 2.01. The highest BCUT2D eigenvalue weighted by molar-refractivity contribution is 9.10. The molecule has 0 bridgehead atoms. The van der Waals surface area contributed by atoms with E-state index in [-0.39, 0.29) is 5.91 Å². The maximum Gasteiger partial charge on any atom is 0.254 e. The second kappa shape index (κ2) is 8.56. The molecule has 3 rings (SSSR count). The van der Waals surface area contributed by atoms with Crippen molar-refractivity contribution in [3.63, 3.8) is 0 Å². The summed E-state index contributed by atoms with van der Waals surface area (Å²) in [6, 6.07) is 14.0. The molecule has 1 heterocycles. The summed E-state index contributed by atoms with van der Waals surface area (Å²) in [4.78, 5) is 16.3. The number of carbonyl (C=O) groups is 1. The van der Waals surface area contributed by atoms with Crippen LogP contribution in [0.3, 0.4) is 0 Å². The zero-order valence-corrected chi connectivity index (χ0v) is 16.7. The highest BCUT2D eigenvalue weighted by Crippen LogP contribution is 2.35. The Bertz CT molecular complexity index is 734. The maximum absolute atomic E-state index is 12.9. The van der Waals surface area contributed by atoms with Crippen LogP contribution in [-0.2, 0) is 6.54 Å². The Hall–Kier alpha value is -2.05. The fraction of sp³-hybridized carbons (Fsp3) is 0.350. The lowest BCUT2D eigenvalue weighted by atomic mass is 10.1. The van der Waals surface area contributed by atoms with Crippen molar-refractivity contribution in [1.29, 1.82) is 0 Å². The molecule has 1 aliphatic rings. The van der Waals surface area contributed by atoms with Crippen molar-refractivity contribution in [2.24, 2.45) is 0 Å². The van der Waals surface area contributed by atoms with Gasteiger partial charge in [-0.2, -0.15) is 0 Å². The SMILES string of the molecule is COc1cc(C(=O)N2CC[NH+](Cc3ccccc3)CC2)cc(OC)c1Br. The average Bonchev–Trinajstić information content (AvgIpc) is 2.69. The smallest absolute Gasteiger partial charge is 0.254 e. The molecule has 0 unspecified atom stereocenters. The molecule has 1 saturated heterocycles. The number of halogens is 1. The van der Waals surface area contributed by atoms with Gasteiger partial charge >= 0.3 is 0 Å². The van der Waals surface area contributed by atoms with Gasteiger partial charge in [0.25, 0.3) is 5.91 Å². The quantitative estimate of drug-likeness (QED) is 0.805. The van der Waals surface area contributed by atoms with Gasteiger partial charge in [0.1, 0.15) is 22.5 Å². The van der Waals surface area contributed by atoms with Gasteiger partial charge in [0.15, 0.2) is 0 Å². The van der Waals surface area contributed by atoms with Crippen molar-refractivity contribution in [3.8, 4) is 11.5 Å². The third-order valence-electron chi connectivity index (χ3n) is 4.75.